The summed E-state index contributed by atoms with van der Waals surface area (Å²) in [6.07, 6.45) is 9.86. The summed E-state index contributed by atoms with van der Waals surface area (Å²) in [5.41, 5.74) is 4.51. The van der Waals surface area contributed by atoms with Crippen LogP contribution in [0.15, 0.2) is 12.4 Å². The molecular weight excluding hydrogens is 250 g/mol. The number of aromatic nitrogens is 2. The molecule has 3 N–H and O–H groups in total. The van der Waals surface area contributed by atoms with Crippen LogP contribution in [-0.2, 0) is 13.5 Å². The highest BCUT2D eigenvalue weighted by molar-refractivity contribution is 5.06. The molecule has 1 aliphatic heterocycles. The van der Waals surface area contributed by atoms with Crippen molar-refractivity contribution in [3.05, 3.63) is 18.0 Å². The van der Waals surface area contributed by atoms with Crippen LogP contribution in [-0.4, -0.2) is 39.4 Å². The Labute approximate surface area is 122 Å². The third kappa shape index (κ3) is 3.22. The number of aryl methyl sites for hydroxylation is 2. The van der Waals surface area contributed by atoms with E-state index in [0.29, 0.717) is 6.04 Å². The fraction of sp³-hybridized carbons (Fsp3) is 0.800. The summed E-state index contributed by atoms with van der Waals surface area (Å²) in [5, 5.41) is 4.23. The molecule has 20 heavy (non-hydrogen) atoms. The van der Waals surface area contributed by atoms with Crippen molar-refractivity contribution < 1.29 is 0 Å². The van der Waals surface area contributed by atoms with Gasteiger partial charge in [-0.2, -0.15) is 5.10 Å². The molecule has 0 bridgehead atoms. The Hall–Kier alpha value is -0.910. The van der Waals surface area contributed by atoms with Crippen LogP contribution in [0.25, 0.3) is 0 Å². The highest BCUT2D eigenvalue weighted by Crippen LogP contribution is 2.29. The Morgan fingerprint density at radius 2 is 2.15 bits per heavy atom. The summed E-state index contributed by atoms with van der Waals surface area (Å²) < 4.78 is 1.86. The van der Waals surface area contributed by atoms with Crippen molar-refractivity contribution in [2.45, 2.75) is 57.5 Å². The fourth-order valence-corrected chi connectivity index (χ4v) is 3.40. The molecule has 0 saturated carbocycles. The molecule has 1 aromatic rings. The lowest BCUT2D eigenvalue weighted by Crippen LogP contribution is -2.60. The first-order valence-corrected chi connectivity index (χ1v) is 7.79. The number of hydrogen-bond acceptors (Lipinski definition) is 4. The maximum absolute atomic E-state index is 5.87. The van der Waals surface area contributed by atoms with Gasteiger partial charge in [0.15, 0.2) is 0 Å². The Morgan fingerprint density at radius 1 is 1.45 bits per heavy atom. The van der Waals surface area contributed by atoms with E-state index in [2.05, 4.69) is 35.5 Å². The van der Waals surface area contributed by atoms with Gasteiger partial charge in [0.05, 0.1) is 6.20 Å². The first-order chi connectivity index (χ1) is 9.60. The van der Waals surface area contributed by atoms with Crippen molar-refractivity contribution in [3.8, 4) is 0 Å². The van der Waals surface area contributed by atoms with E-state index in [1.165, 1.54) is 31.5 Å². The molecule has 2 unspecified atom stereocenters. The summed E-state index contributed by atoms with van der Waals surface area (Å²) in [7, 11) is 1.96. The number of likely N-dealkylation sites (tertiary alicyclic amines) is 1. The Morgan fingerprint density at radius 3 is 2.65 bits per heavy atom. The fourth-order valence-electron chi connectivity index (χ4n) is 3.40. The molecule has 5 nitrogen and oxygen atoms in total. The van der Waals surface area contributed by atoms with Crippen molar-refractivity contribution in [1.29, 1.82) is 0 Å². The SMILES string of the molecule is CCC(C)(C(CCc1cnn(C)c1)NN)N1CCCC1. The summed E-state index contributed by atoms with van der Waals surface area (Å²) in [6.45, 7) is 7.03. The molecule has 0 aliphatic carbocycles. The molecular formula is C15H29N5. The van der Waals surface area contributed by atoms with Crippen molar-refractivity contribution in [3.63, 3.8) is 0 Å². The van der Waals surface area contributed by atoms with Gasteiger partial charge in [-0.25, -0.2) is 0 Å². The van der Waals surface area contributed by atoms with Crippen LogP contribution < -0.4 is 11.3 Å². The van der Waals surface area contributed by atoms with Crippen LogP contribution in [0.4, 0.5) is 0 Å². The Bertz CT molecular complexity index is 410. The number of nitrogens with one attached hydrogen (secondary N) is 1. The van der Waals surface area contributed by atoms with Crippen LogP contribution in [0.2, 0.25) is 0 Å². The van der Waals surface area contributed by atoms with Gasteiger partial charge in [-0.05, 0) is 57.7 Å². The van der Waals surface area contributed by atoms with E-state index in [-0.39, 0.29) is 5.54 Å². The van der Waals surface area contributed by atoms with Gasteiger partial charge in [-0.1, -0.05) is 6.92 Å². The predicted octanol–water partition coefficient (Wildman–Crippen LogP) is 1.45. The second kappa shape index (κ2) is 6.70. The van der Waals surface area contributed by atoms with Crippen molar-refractivity contribution in [1.82, 2.24) is 20.1 Å². The van der Waals surface area contributed by atoms with Crippen molar-refractivity contribution >= 4 is 0 Å². The minimum Gasteiger partial charge on any atom is -0.296 e. The van der Waals surface area contributed by atoms with Gasteiger partial charge in [0.1, 0.15) is 0 Å². The van der Waals surface area contributed by atoms with Gasteiger partial charge >= 0.3 is 0 Å². The molecule has 1 aromatic heterocycles. The molecule has 114 valence electrons. The maximum atomic E-state index is 5.87. The van der Waals surface area contributed by atoms with E-state index in [1.54, 1.807) is 0 Å². The van der Waals surface area contributed by atoms with E-state index >= 15 is 0 Å². The highest BCUT2D eigenvalue weighted by Gasteiger charge is 2.38. The van der Waals surface area contributed by atoms with E-state index in [4.69, 9.17) is 5.84 Å². The van der Waals surface area contributed by atoms with E-state index in [1.807, 2.05) is 17.9 Å². The zero-order valence-electron chi connectivity index (χ0n) is 13.1. The Kier molecular flexibility index (Phi) is 5.18. The third-order valence-electron chi connectivity index (χ3n) is 4.98. The van der Waals surface area contributed by atoms with Crippen LogP contribution in [0, 0.1) is 0 Å². The number of hydrazine groups is 1. The van der Waals surface area contributed by atoms with Crippen LogP contribution >= 0.6 is 0 Å². The van der Waals surface area contributed by atoms with E-state index in [0.717, 1.165) is 19.3 Å². The summed E-state index contributed by atoms with van der Waals surface area (Å²) >= 11 is 0. The Balaban J connectivity index is 2.01. The van der Waals surface area contributed by atoms with Gasteiger partial charge < -0.3 is 0 Å². The third-order valence-corrected chi connectivity index (χ3v) is 4.98. The standard InChI is InChI=1S/C15H29N5/c1-4-15(2,20-9-5-6-10-20)14(18-16)8-7-13-11-17-19(3)12-13/h11-12,14,18H,4-10,16H2,1-3H3. The van der Waals surface area contributed by atoms with Crippen LogP contribution in [0.1, 0.15) is 45.1 Å². The van der Waals surface area contributed by atoms with Crippen molar-refractivity contribution in [2.75, 3.05) is 13.1 Å². The summed E-state index contributed by atoms with van der Waals surface area (Å²) in [6, 6.07) is 0.311. The summed E-state index contributed by atoms with van der Waals surface area (Å²) in [4.78, 5) is 2.61. The molecule has 0 radical (unpaired) electrons. The molecule has 2 heterocycles. The smallest absolute Gasteiger partial charge is 0.0521 e. The van der Waals surface area contributed by atoms with Gasteiger partial charge in [0.25, 0.3) is 0 Å². The number of nitrogens with two attached hydrogens (primary N) is 1. The predicted molar refractivity (Wildman–Crippen MR) is 82.1 cm³/mol. The quantitative estimate of drug-likeness (QED) is 0.586. The van der Waals surface area contributed by atoms with Gasteiger partial charge in [0, 0.05) is 24.8 Å². The molecule has 2 atom stereocenters. The lowest BCUT2D eigenvalue weighted by molar-refractivity contribution is 0.0804. The van der Waals surface area contributed by atoms with E-state index < -0.39 is 0 Å². The lowest BCUT2D eigenvalue weighted by Gasteiger charge is -2.44. The average Bonchev–Trinajstić information content (AvgIpc) is 3.10. The summed E-state index contributed by atoms with van der Waals surface area (Å²) in [5.74, 6) is 5.87. The maximum Gasteiger partial charge on any atom is 0.0521 e. The molecule has 1 aliphatic rings. The van der Waals surface area contributed by atoms with Gasteiger partial charge in [-0.3, -0.25) is 20.9 Å². The van der Waals surface area contributed by atoms with Gasteiger partial charge in [0.2, 0.25) is 0 Å². The molecule has 2 rings (SSSR count). The molecule has 0 spiro atoms. The molecule has 0 aromatic carbocycles. The molecule has 1 saturated heterocycles. The molecule has 5 heteroatoms. The van der Waals surface area contributed by atoms with E-state index in [9.17, 15) is 0 Å². The van der Waals surface area contributed by atoms with Crippen LogP contribution in [0.3, 0.4) is 0 Å². The number of nitrogens with zero attached hydrogens (tertiary/aromatic N) is 3. The monoisotopic (exact) mass is 279 g/mol. The minimum absolute atomic E-state index is 0.146. The normalized spacial score (nSPS) is 21.0. The average molecular weight is 279 g/mol. The molecule has 0 amide bonds. The molecule has 1 fully saturated rings. The first kappa shape index (κ1) is 15.5. The zero-order valence-corrected chi connectivity index (χ0v) is 13.1. The number of rotatable bonds is 7. The second-order valence-corrected chi connectivity index (χ2v) is 6.19. The first-order valence-electron chi connectivity index (χ1n) is 7.79. The highest BCUT2D eigenvalue weighted by atomic mass is 15.3. The second-order valence-electron chi connectivity index (χ2n) is 6.19. The largest absolute Gasteiger partial charge is 0.296 e. The van der Waals surface area contributed by atoms with Crippen LogP contribution in [0.5, 0.6) is 0 Å². The topological polar surface area (TPSA) is 59.1 Å². The number of hydrogen-bond donors (Lipinski definition) is 2. The zero-order chi connectivity index (χ0) is 14.6. The lowest BCUT2D eigenvalue weighted by atomic mass is 9.84. The van der Waals surface area contributed by atoms with Gasteiger partial charge in [-0.15, -0.1) is 0 Å². The van der Waals surface area contributed by atoms with Crippen molar-refractivity contribution in [2.24, 2.45) is 12.9 Å². The minimum atomic E-state index is 0.146.